The molecule has 0 aliphatic heterocycles. The van der Waals surface area contributed by atoms with E-state index in [1.807, 2.05) is 14.0 Å². The Morgan fingerprint density at radius 1 is 1.43 bits per heavy atom. The van der Waals surface area contributed by atoms with Crippen molar-refractivity contribution in [2.75, 3.05) is 12.4 Å². The Labute approximate surface area is 86.5 Å². The number of rotatable bonds is 4. The number of nitrogens with zero attached hydrogens (tertiary/aromatic N) is 2. The van der Waals surface area contributed by atoms with Crippen molar-refractivity contribution in [2.45, 2.75) is 40.2 Å². The zero-order chi connectivity index (χ0) is 10.7. The highest BCUT2D eigenvalue weighted by Crippen LogP contribution is 2.21. The van der Waals surface area contributed by atoms with Gasteiger partial charge in [-0.05, 0) is 26.2 Å². The minimum atomic E-state index is 0.513. The van der Waals surface area contributed by atoms with Crippen LogP contribution in [0.5, 0.6) is 0 Å². The number of imidazole rings is 1. The van der Waals surface area contributed by atoms with Crippen LogP contribution in [0.3, 0.4) is 0 Å². The van der Waals surface area contributed by atoms with Gasteiger partial charge in [0.2, 0.25) is 5.95 Å². The number of hydrogen-bond acceptors (Lipinski definition) is 2. The highest BCUT2D eigenvalue weighted by atomic mass is 15.2. The van der Waals surface area contributed by atoms with Gasteiger partial charge >= 0.3 is 0 Å². The summed E-state index contributed by atoms with van der Waals surface area (Å²) in [6.07, 6.45) is 3.30. The van der Waals surface area contributed by atoms with Crippen molar-refractivity contribution in [3.05, 3.63) is 11.9 Å². The molecule has 1 unspecified atom stereocenters. The molecule has 80 valence electrons. The zero-order valence-corrected chi connectivity index (χ0v) is 9.83. The smallest absolute Gasteiger partial charge is 0.203 e. The number of anilines is 1. The predicted octanol–water partition coefficient (Wildman–Crippen LogP) is 2.84. The first-order chi connectivity index (χ1) is 6.54. The molecule has 0 fully saturated rings. The van der Waals surface area contributed by atoms with Gasteiger partial charge in [0.25, 0.3) is 0 Å². The van der Waals surface area contributed by atoms with Gasteiger partial charge in [-0.2, -0.15) is 0 Å². The van der Waals surface area contributed by atoms with Gasteiger partial charge in [-0.1, -0.05) is 13.8 Å². The number of aryl methyl sites for hydroxylation is 1. The van der Waals surface area contributed by atoms with E-state index in [2.05, 4.69) is 41.8 Å². The van der Waals surface area contributed by atoms with E-state index in [1.165, 1.54) is 6.42 Å². The minimum Gasteiger partial charge on any atom is -0.359 e. The summed E-state index contributed by atoms with van der Waals surface area (Å²) < 4.78 is 2.22. The highest BCUT2D eigenvalue weighted by Gasteiger charge is 2.11. The first-order valence-electron chi connectivity index (χ1n) is 5.27. The Balaban J connectivity index is 2.82. The molecule has 0 aromatic carbocycles. The maximum Gasteiger partial charge on any atom is 0.203 e. The summed E-state index contributed by atoms with van der Waals surface area (Å²) in [6, 6.07) is 0.513. The van der Waals surface area contributed by atoms with Gasteiger partial charge in [0.05, 0.1) is 5.69 Å². The lowest BCUT2D eigenvalue weighted by atomic mass is 10.1. The molecular weight excluding hydrogens is 174 g/mol. The van der Waals surface area contributed by atoms with Gasteiger partial charge in [0.1, 0.15) is 0 Å². The van der Waals surface area contributed by atoms with Crippen LogP contribution >= 0.6 is 0 Å². The summed E-state index contributed by atoms with van der Waals surface area (Å²) in [5.74, 6) is 1.69. The summed E-state index contributed by atoms with van der Waals surface area (Å²) >= 11 is 0. The molecule has 0 bridgehead atoms. The van der Waals surface area contributed by atoms with Crippen LogP contribution in [-0.4, -0.2) is 16.6 Å². The van der Waals surface area contributed by atoms with Gasteiger partial charge in [0.15, 0.2) is 0 Å². The van der Waals surface area contributed by atoms with Crippen molar-refractivity contribution in [2.24, 2.45) is 5.92 Å². The van der Waals surface area contributed by atoms with Gasteiger partial charge in [-0.25, -0.2) is 4.98 Å². The lowest BCUT2D eigenvalue weighted by Crippen LogP contribution is -2.10. The highest BCUT2D eigenvalue weighted by molar-refractivity contribution is 5.28. The molecule has 0 spiro atoms. The third-order valence-corrected chi connectivity index (χ3v) is 2.36. The van der Waals surface area contributed by atoms with Gasteiger partial charge in [-0.3, -0.25) is 0 Å². The normalized spacial score (nSPS) is 13.3. The zero-order valence-electron chi connectivity index (χ0n) is 9.83. The first-order valence-corrected chi connectivity index (χ1v) is 5.27. The average molecular weight is 195 g/mol. The van der Waals surface area contributed by atoms with E-state index in [9.17, 15) is 0 Å². The molecule has 3 heteroatoms. The van der Waals surface area contributed by atoms with E-state index in [4.69, 9.17) is 0 Å². The molecule has 3 nitrogen and oxygen atoms in total. The number of nitrogens with one attached hydrogen (secondary N) is 1. The van der Waals surface area contributed by atoms with Crippen LogP contribution in [0.4, 0.5) is 5.95 Å². The van der Waals surface area contributed by atoms with Crippen molar-refractivity contribution in [1.29, 1.82) is 0 Å². The minimum absolute atomic E-state index is 0.513. The first kappa shape index (κ1) is 11.1. The van der Waals surface area contributed by atoms with Crippen molar-refractivity contribution in [3.63, 3.8) is 0 Å². The van der Waals surface area contributed by atoms with Gasteiger partial charge in [0, 0.05) is 19.3 Å². The van der Waals surface area contributed by atoms with Gasteiger partial charge in [-0.15, -0.1) is 0 Å². The van der Waals surface area contributed by atoms with Crippen LogP contribution in [0.2, 0.25) is 0 Å². The maximum atomic E-state index is 4.41. The predicted molar refractivity (Wildman–Crippen MR) is 60.7 cm³/mol. The van der Waals surface area contributed by atoms with E-state index >= 15 is 0 Å². The summed E-state index contributed by atoms with van der Waals surface area (Å²) in [5.41, 5.74) is 1.07. The molecule has 0 saturated carbocycles. The van der Waals surface area contributed by atoms with E-state index in [0.717, 1.165) is 17.6 Å². The van der Waals surface area contributed by atoms with Gasteiger partial charge < -0.3 is 9.88 Å². The Bertz CT molecular complexity index is 289. The molecule has 0 aliphatic carbocycles. The monoisotopic (exact) mass is 195 g/mol. The van der Waals surface area contributed by atoms with Crippen molar-refractivity contribution >= 4 is 5.95 Å². The number of aromatic nitrogens is 2. The molecule has 0 radical (unpaired) electrons. The molecular formula is C11H21N3. The molecule has 1 rings (SSSR count). The second-order valence-electron chi connectivity index (χ2n) is 4.34. The Morgan fingerprint density at radius 2 is 2.07 bits per heavy atom. The van der Waals surface area contributed by atoms with Crippen molar-refractivity contribution < 1.29 is 0 Å². The summed E-state index contributed by atoms with van der Waals surface area (Å²) in [4.78, 5) is 4.41. The fourth-order valence-electron chi connectivity index (χ4n) is 1.83. The molecule has 0 aliphatic rings. The third kappa shape index (κ3) is 2.50. The van der Waals surface area contributed by atoms with Crippen LogP contribution < -0.4 is 5.32 Å². The second kappa shape index (κ2) is 4.49. The van der Waals surface area contributed by atoms with E-state index in [0.29, 0.717) is 6.04 Å². The molecule has 0 saturated heterocycles. The number of hydrogen-bond donors (Lipinski definition) is 1. The SMILES string of the molecule is CNc1nc(C)cn1C(C)CC(C)C. The summed E-state index contributed by atoms with van der Waals surface area (Å²) in [6.45, 7) is 8.76. The fourth-order valence-corrected chi connectivity index (χ4v) is 1.83. The lowest BCUT2D eigenvalue weighted by molar-refractivity contribution is 0.431. The third-order valence-electron chi connectivity index (χ3n) is 2.36. The fraction of sp³-hybridized carbons (Fsp3) is 0.727. The molecule has 1 N–H and O–H groups in total. The van der Waals surface area contributed by atoms with Crippen LogP contribution in [0.1, 0.15) is 38.9 Å². The maximum absolute atomic E-state index is 4.41. The Morgan fingerprint density at radius 3 is 2.57 bits per heavy atom. The summed E-state index contributed by atoms with van der Waals surface area (Å²) in [5, 5.41) is 3.12. The van der Waals surface area contributed by atoms with E-state index in [1.54, 1.807) is 0 Å². The molecule has 1 aromatic rings. The lowest BCUT2D eigenvalue weighted by Gasteiger charge is -2.17. The summed E-state index contributed by atoms with van der Waals surface area (Å²) in [7, 11) is 1.92. The Kier molecular flexibility index (Phi) is 3.55. The molecule has 0 amide bonds. The van der Waals surface area contributed by atoms with Crippen LogP contribution in [0, 0.1) is 12.8 Å². The van der Waals surface area contributed by atoms with Crippen LogP contribution in [0.15, 0.2) is 6.20 Å². The molecule has 1 aromatic heterocycles. The molecule has 14 heavy (non-hydrogen) atoms. The standard InChI is InChI=1S/C11H21N3/c1-8(2)6-10(4)14-7-9(3)13-11(14)12-5/h7-8,10H,6H2,1-5H3,(H,12,13). The second-order valence-corrected chi connectivity index (χ2v) is 4.34. The molecule has 1 heterocycles. The Hall–Kier alpha value is -0.990. The van der Waals surface area contributed by atoms with Crippen LogP contribution in [0.25, 0.3) is 0 Å². The topological polar surface area (TPSA) is 29.9 Å². The largest absolute Gasteiger partial charge is 0.359 e. The van der Waals surface area contributed by atoms with Crippen molar-refractivity contribution in [1.82, 2.24) is 9.55 Å². The quantitative estimate of drug-likeness (QED) is 0.800. The van der Waals surface area contributed by atoms with Crippen molar-refractivity contribution in [3.8, 4) is 0 Å². The van der Waals surface area contributed by atoms with Crippen LogP contribution in [-0.2, 0) is 0 Å². The van der Waals surface area contributed by atoms with E-state index in [-0.39, 0.29) is 0 Å². The molecule has 1 atom stereocenters. The van der Waals surface area contributed by atoms with E-state index < -0.39 is 0 Å². The average Bonchev–Trinajstić information content (AvgIpc) is 2.45.